The van der Waals surface area contributed by atoms with Crippen LogP contribution < -0.4 is 10.2 Å². The number of amides is 2. The minimum Gasteiger partial charge on any atom is -0.481 e. The van der Waals surface area contributed by atoms with Crippen molar-refractivity contribution in [3.8, 4) is 0 Å². The molecule has 2 aromatic carbocycles. The van der Waals surface area contributed by atoms with E-state index in [9.17, 15) is 29.4 Å². The van der Waals surface area contributed by atoms with Gasteiger partial charge in [0.1, 0.15) is 6.54 Å². The van der Waals surface area contributed by atoms with Crippen molar-refractivity contribution in [2.75, 3.05) is 18.0 Å². The van der Waals surface area contributed by atoms with Gasteiger partial charge in [-0.05, 0) is 62.1 Å². The Bertz CT molecular complexity index is 1160. The molecule has 202 valence electrons. The lowest BCUT2D eigenvalue weighted by atomic mass is 9.75. The average molecular weight is 521 g/mol. The summed E-state index contributed by atoms with van der Waals surface area (Å²) in [6.45, 7) is -0.336. The van der Waals surface area contributed by atoms with Crippen molar-refractivity contribution >= 4 is 29.4 Å². The van der Waals surface area contributed by atoms with E-state index in [2.05, 4.69) is 5.32 Å². The van der Waals surface area contributed by atoms with Crippen molar-refractivity contribution in [1.29, 1.82) is 0 Å². The number of hydrogen-bond donors (Lipinski definition) is 3. The smallest absolute Gasteiger partial charge is 0.323 e. The lowest BCUT2D eigenvalue weighted by Crippen LogP contribution is -2.47. The van der Waals surface area contributed by atoms with Gasteiger partial charge in [0, 0.05) is 17.6 Å². The summed E-state index contributed by atoms with van der Waals surface area (Å²) in [5.41, 5.74) is 1.81. The molecule has 0 spiro atoms. The van der Waals surface area contributed by atoms with Gasteiger partial charge in [0.2, 0.25) is 11.8 Å². The van der Waals surface area contributed by atoms with Crippen LogP contribution in [-0.2, 0) is 32.0 Å². The molecule has 0 saturated heterocycles. The van der Waals surface area contributed by atoms with Crippen molar-refractivity contribution in [3.63, 3.8) is 0 Å². The molecule has 0 unspecified atom stereocenters. The number of carbonyl (C=O) groups is 4. The molecule has 3 N–H and O–H groups in total. The van der Waals surface area contributed by atoms with Gasteiger partial charge in [-0.25, -0.2) is 0 Å². The highest BCUT2D eigenvalue weighted by Gasteiger charge is 2.44. The molecule has 0 radical (unpaired) electrons. The van der Waals surface area contributed by atoms with Crippen LogP contribution in [0.5, 0.6) is 0 Å². The summed E-state index contributed by atoms with van der Waals surface area (Å²) in [4.78, 5) is 51.9. The van der Waals surface area contributed by atoms with Gasteiger partial charge in [-0.1, -0.05) is 61.4 Å². The zero-order valence-corrected chi connectivity index (χ0v) is 21.6. The SMILES string of the molecule is O=C(O)CN1C(=O)[C@@H](CNC(=O)C2(C[C@@H](CCc3ccccc3)C(=O)O)CCCC2)CCc2ccccc21. The van der Waals surface area contributed by atoms with E-state index >= 15 is 0 Å². The van der Waals surface area contributed by atoms with Crippen LogP contribution in [0.4, 0.5) is 5.69 Å². The fourth-order valence-corrected chi connectivity index (χ4v) is 6.01. The van der Waals surface area contributed by atoms with Gasteiger partial charge in [-0.3, -0.25) is 19.2 Å². The van der Waals surface area contributed by atoms with E-state index in [0.29, 0.717) is 44.2 Å². The van der Waals surface area contributed by atoms with Gasteiger partial charge in [-0.15, -0.1) is 0 Å². The molecule has 1 aliphatic heterocycles. The number of rotatable bonds is 11. The Balaban J connectivity index is 1.44. The Morgan fingerprint density at radius 3 is 2.37 bits per heavy atom. The number of para-hydroxylation sites is 1. The standard InChI is InChI=1S/C30H36N2O6/c33-26(34)20-32-25-11-5-4-10-22(25)14-15-24(27(32)35)19-31-29(38)30(16-6-7-17-30)18-23(28(36)37)13-12-21-8-2-1-3-9-21/h1-5,8-11,23-24H,6-7,12-20H2,(H,31,38)(H,33,34)(H,36,37)/t23-,24-/m1/s1. The Hall–Kier alpha value is -3.68. The molecule has 2 aromatic rings. The second-order valence-corrected chi connectivity index (χ2v) is 10.6. The molecule has 8 heteroatoms. The molecule has 1 fully saturated rings. The normalized spacial score (nSPS) is 19.3. The summed E-state index contributed by atoms with van der Waals surface area (Å²) in [7, 11) is 0. The quantitative estimate of drug-likeness (QED) is 0.410. The summed E-state index contributed by atoms with van der Waals surface area (Å²) < 4.78 is 0. The topological polar surface area (TPSA) is 124 Å². The maximum Gasteiger partial charge on any atom is 0.323 e. The first-order valence-electron chi connectivity index (χ1n) is 13.5. The maximum atomic E-state index is 13.6. The average Bonchev–Trinajstić information content (AvgIpc) is 3.35. The van der Waals surface area contributed by atoms with Crippen LogP contribution in [0.25, 0.3) is 0 Å². The molecule has 1 aliphatic carbocycles. The second-order valence-electron chi connectivity index (χ2n) is 10.6. The third kappa shape index (κ3) is 6.41. The minimum atomic E-state index is -1.10. The second kappa shape index (κ2) is 12.2. The predicted molar refractivity (Wildman–Crippen MR) is 143 cm³/mol. The molecule has 38 heavy (non-hydrogen) atoms. The van der Waals surface area contributed by atoms with Gasteiger partial charge >= 0.3 is 11.9 Å². The van der Waals surface area contributed by atoms with E-state index in [1.807, 2.05) is 42.5 Å². The molecule has 2 aliphatic rings. The van der Waals surface area contributed by atoms with Gasteiger partial charge in [0.25, 0.3) is 0 Å². The van der Waals surface area contributed by atoms with Gasteiger partial charge < -0.3 is 20.4 Å². The van der Waals surface area contributed by atoms with Crippen LogP contribution in [0.15, 0.2) is 54.6 Å². The van der Waals surface area contributed by atoms with Crippen LogP contribution in [0.1, 0.15) is 56.1 Å². The maximum absolute atomic E-state index is 13.6. The van der Waals surface area contributed by atoms with Gasteiger partial charge in [0.15, 0.2) is 0 Å². The van der Waals surface area contributed by atoms with Crippen LogP contribution in [0.2, 0.25) is 0 Å². The number of carboxylic acids is 2. The number of aliphatic carboxylic acids is 2. The lowest BCUT2D eigenvalue weighted by molar-refractivity contribution is -0.144. The van der Waals surface area contributed by atoms with E-state index in [1.54, 1.807) is 12.1 Å². The number of fused-ring (bicyclic) bond motifs is 1. The summed E-state index contributed by atoms with van der Waals surface area (Å²) in [5.74, 6) is -3.69. The Morgan fingerprint density at radius 1 is 1.00 bits per heavy atom. The Labute approximate surface area is 223 Å². The molecule has 2 amide bonds. The number of hydrogen-bond acceptors (Lipinski definition) is 4. The predicted octanol–water partition coefficient (Wildman–Crippen LogP) is 4.07. The minimum absolute atomic E-state index is 0.102. The first-order chi connectivity index (χ1) is 18.3. The first kappa shape index (κ1) is 27.4. The number of benzene rings is 2. The van der Waals surface area contributed by atoms with Crippen molar-refractivity contribution < 1.29 is 29.4 Å². The molecule has 4 rings (SSSR count). The Morgan fingerprint density at radius 2 is 1.68 bits per heavy atom. The fourth-order valence-electron chi connectivity index (χ4n) is 6.01. The van der Waals surface area contributed by atoms with Gasteiger partial charge in [-0.2, -0.15) is 0 Å². The monoisotopic (exact) mass is 520 g/mol. The number of carboxylic acid groups (broad SMARTS) is 2. The molecule has 1 heterocycles. The summed E-state index contributed by atoms with van der Waals surface area (Å²) in [6, 6.07) is 17.0. The number of nitrogens with zero attached hydrogens (tertiary/aromatic N) is 1. The van der Waals surface area contributed by atoms with Crippen molar-refractivity contribution in [2.24, 2.45) is 17.3 Å². The highest BCUT2D eigenvalue weighted by Crippen LogP contribution is 2.44. The van der Waals surface area contributed by atoms with Crippen LogP contribution in [0, 0.1) is 17.3 Å². The van der Waals surface area contributed by atoms with Crippen molar-refractivity contribution in [2.45, 2.75) is 57.8 Å². The number of nitrogens with one attached hydrogen (secondary N) is 1. The summed E-state index contributed by atoms with van der Waals surface area (Å²) in [6.07, 6.45) is 5.44. The molecule has 0 aromatic heterocycles. The molecule has 8 nitrogen and oxygen atoms in total. The number of anilines is 1. The van der Waals surface area contributed by atoms with E-state index in [0.717, 1.165) is 24.0 Å². The third-order valence-corrected chi connectivity index (χ3v) is 8.12. The van der Waals surface area contributed by atoms with Crippen molar-refractivity contribution in [3.05, 3.63) is 65.7 Å². The van der Waals surface area contributed by atoms with E-state index in [1.165, 1.54) is 4.90 Å². The van der Waals surface area contributed by atoms with E-state index in [4.69, 9.17) is 0 Å². The van der Waals surface area contributed by atoms with E-state index < -0.39 is 35.7 Å². The van der Waals surface area contributed by atoms with Gasteiger partial charge in [0.05, 0.1) is 11.8 Å². The van der Waals surface area contributed by atoms with Crippen LogP contribution in [-0.4, -0.2) is 47.1 Å². The van der Waals surface area contributed by atoms with Crippen LogP contribution >= 0.6 is 0 Å². The fraction of sp³-hybridized carbons (Fsp3) is 0.467. The number of carbonyl (C=O) groups excluding carboxylic acids is 2. The molecule has 2 atom stereocenters. The zero-order valence-electron chi connectivity index (χ0n) is 21.6. The molecule has 1 saturated carbocycles. The Kier molecular flexibility index (Phi) is 8.81. The highest BCUT2D eigenvalue weighted by molar-refractivity contribution is 6.00. The summed E-state index contributed by atoms with van der Waals surface area (Å²) in [5, 5.41) is 22.4. The summed E-state index contributed by atoms with van der Waals surface area (Å²) >= 11 is 0. The first-order valence-corrected chi connectivity index (χ1v) is 13.5. The van der Waals surface area contributed by atoms with Crippen LogP contribution in [0.3, 0.4) is 0 Å². The molecular weight excluding hydrogens is 484 g/mol. The third-order valence-electron chi connectivity index (χ3n) is 8.12. The molecule has 0 bridgehead atoms. The highest BCUT2D eigenvalue weighted by atomic mass is 16.4. The van der Waals surface area contributed by atoms with Crippen molar-refractivity contribution in [1.82, 2.24) is 5.32 Å². The largest absolute Gasteiger partial charge is 0.481 e. The zero-order chi connectivity index (χ0) is 27.1. The van der Waals surface area contributed by atoms with E-state index in [-0.39, 0.29) is 24.8 Å². The number of aryl methyl sites for hydroxylation is 2. The molecular formula is C30H36N2O6. The lowest BCUT2D eigenvalue weighted by Gasteiger charge is -2.31.